The summed E-state index contributed by atoms with van der Waals surface area (Å²) >= 11 is 0. The Morgan fingerprint density at radius 2 is 2.07 bits per heavy atom. The zero-order chi connectivity index (χ0) is 19.3. The number of benzene rings is 1. The number of amides is 1. The summed E-state index contributed by atoms with van der Waals surface area (Å²) in [5, 5.41) is 0. The SMILES string of the molecule is COc1ncccc1C(=O)N1CCC[C@H](c2ncc(Cc3ccccc3)o2)C1. The fourth-order valence-electron chi connectivity index (χ4n) is 3.64. The Labute approximate surface area is 164 Å². The maximum Gasteiger partial charge on any atom is 0.259 e. The van der Waals surface area contributed by atoms with E-state index in [1.807, 2.05) is 23.1 Å². The number of carbonyl (C=O) groups is 1. The minimum absolute atomic E-state index is 0.0642. The topological polar surface area (TPSA) is 68.5 Å². The zero-order valence-electron chi connectivity index (χ0n) is 15.9. The van der Waals surface area contributed by atoms with E-state index in [-0.39, 0.29) is 11.8 Å². The number of carbonyl (C=O) groups excluding carboxylic acids is 1. The van der Waals surface area contributed by atoms with Gasteiger partial charge in [0.25, 0.3) is 5.91 Å². The second kappa shape index (κ2) is 8.25. The zero-order valence-corrected chi connectivity index (χ0v) is 15.9. The maximum atomic E-state index is 13.0. The number of likely N-dealkylation sites (tertiary alicyclic amines) is 1. The molecule has 0 radical (unpaired) electrons. The third kappa shape index (κ3) is 3.91. The van der Waals surface area contributed by atoms with Crippen LogP contribution >= 0.6 is 0 Å². The van der Waals surface area contributed by atoms with Crippen molar-refractivity contribution in [3.63, 3.8) is 0 Å². The fraction of sp³-hybridized carbons (Fsp3) is 0.318. The number of pyridine rings is 1. The van der Waals surface area contributed by atoms with Crippen LogP contribution in [0.2, 0.25) is 0 Å². The second-order valence-electron chi connectivity index (χ2n) is 6.98. The molecule has 1 aliphatic rings. The molecular formula is C22H23N3O3. The highest BCUT2D eigenvalue weighted by atomic mass is 16.5. The maximum absolute atomic E-state index is 13.0. The monoisotopic (exact) mass is 377 g/mol. The lowest BCUT2D eigenvalue weighted by Gasteiger charge is -2.31. The third-order valence-corrected chi connectivity index (χ3v) is 5.05. The van der Waals surface area contributed by atoms with Gasteiger partial charge >= 0.3 is 0 Å². The second-order valence-corrected chi connectivity index (χ2v) is 6.98. The summed E-state index contributed by atoms with van der Waals surface area (Å²) in [6.07, 6.45) is 6.01. The first-order valence-electron chi connectivity index (χ1n) is 9.51. The molecule has 0 aliphatic carbocycles. The van der Waals surface area contributed by atoms with E-state index in [9.17, 15) is 4.79 Å². The number of methoxy groups -OCH3 is 1. The molecule has 3 aromatic rings. The first-order chi connectivity index (χ1) is 13.7. The van der Waals surface area contributed by atoms with Crippen molar-refractivity contribution < 1.29 is 13.9 Å². The Morgan fingerprint density at radius 3 is 2.89 bits per heavy atom. The van der Waals surface area contributed by atoms with Gasteiger partial charge in [-0.3, -0.25) is 4.79 Å². The van der Waals surface area contributed by atoms with Crippen molar-refractivity contribution in [1.29, 1.82) is 0 Å². The van der Waals surface area contributed by atoms with E-state index in [1.165, 1.54) is 12.7 Å². The van der Waals surface area contributed by atoms with Gasteiger partial charge in [0.2, 0.25) is 5.88 Å². The number of nitrogens with zero attached hydrogens (tertiary/aromatic N) is 3. The minimum Gasteiger partial charge on any atom is -0.480 e. The first-order valence-corrected chi connectivity index (χ1v) is 9.51. The van der Waals surface area contributed by atoms with Gasteiger partial charge in [0.15, 0.2) is 5.89 Å². The molecule has 1 aromatic carbocycles. The van der Waals surface area contributed by atoms with Crippen molar-refractivity contribution in [1.82, 2.24) is 14.9 Å². The van der Waals surface area contributed by atoms with E-state index in [2.05, 4.69) is 22.1 Å². The van der Waals surface area contributed by atoms with Crippen LogP contribution in [0.3, 0.4) is 0 Å². The predicted octanol–water partition coefficient (Wildman–Crippen LogP) is 3.69. The van der Waals surface area contributed by atoms with Crippen LogP contribution in [0.1, 0.15) is 46.3 Å². The van der Waals surface area contributed by atoms with Gasteiger partial charge < -0.3 is 14.1 Å². The van der Waals surface area contributed by atoms with Crippen molar-refractivity contribution in [3.05, 3.63) is 77.6 Å². The average Bonchev–Trinajstić information content (AvgIpc) is 3.22. The number of ether oxygens (including phenoxy) is 1. The summed E-state index contributed by atoms with van der Waals surface area (Å²) in [6.45, 7) is 1.30. The molecule has 6 heteroatoms. The molecule has 2 aromatic heterocycles. The van der Waals surface area contributed by atoms with E-state index >= 15 is 0 Å². The van der Waals surface area contributed by atoms with Crippen molar-refractivity contribution in [2.75, 3.05) is 20.2 Å². The molecule has 0 unspecified atom stereocenters. The van der Waals surface area contributed by atoms with Crippen LogP contribution in [0.4, 0.5) is 0 Å². The van der Waals surface area contributed by atoms with Crippen molar-refractivity contribution >= 4 is 5.91 Å². The Hall–Kier alpha value is -3.15. The molecule has 144 valence electrons. The highest BCUT2D eigenvalue weighted by molar-refractivity contribution is 5.96. The highest BCUT2D eigenvalue weighted by Gasteiger charge is 2.29. The molecule has 1 fully saturated rings. The number of hydrogen-bond donors (Lipinski definition) is 0. The van der Waals surface area contributed by atoms with E-state index in [0.717, 1.165) is 25.0 Å². The van der Waals surface area contributed by atoms with Crippen LogP contribution in [0.15, 0.2) is 59.3 Å². The molecule has 0 bridgehead atoms. The Morgan fingerprint density at radius 1 is 1.21 bits per heavy atom. The lowest BCUT2D eigenvalue weighted by atomic mass is 9.97. The quantitative estimate of drug-likeness (QED) is 0.678. The lowest BCUT2D eigenvalue weighted by molar-refractivity contribution is 0.0693. The molecule has 1 atom stereocenters. The molecule has 4 rings (SSSR count). The minimum atomic E-state index is -0.0642. The van der Waals surface area contributed by atoms with Crippen molar-refractivity contribution in [2.45, 2.75) is 25.2 Å². The molecule has 3 heterocycles. The molecule has 28 heavy (non-hydrogen) atoms. The summed E-state index contributed by atoms with van der Waals surface area (Å²) in [4.78, 5) is 23.4. The van der Waals surface area contributed by atoms with Crippen LogP contribution in [0.25, 0.3) is 0 Å². The largest absolute Gasteiger partial charge is 0.480 e. The van der Waals surface area contributed by atoms with Gasteiger partial charge in [-0.25, -0.2) is 9.97 Å². The smallest absolute Gasteiger partial charge is 0.259 e. The van der Waals surface area contributed by atoms with Gasteiger partial charge in [-0.2, -0.15) is 0 Å². The lowest BCUT2D eigenvalue weighted by Crippen LogP contribution is -2.39. The number of piperidine rings is 1. The standard InChI is InChI=1S/C22H23N3O3/c1-27-21-19(10-5-11-23-21)22(26)25-12-6-9-17(15-25)20-24-14-18(28-20)13-16-7-3-2-4-8-16/h2-5,7-8,10-11,14,17H,6,9,12-13,15H2,1H3/t17-/m0/s1. The first kappa shape index (κ1) is 18.2. The van der Waals surface area contributed by atoms with Crippen LogP contribution in [0, 0.1) is 0 Å². The number of aromatic nitrogens is 2. The average molecular weight is 377 g/mol. The van der Waals surface area contributed by atoms with Crippen molar-refractivity contribution in [2.24, 2.45) is 0 Å². The third-order valence-electron chi connectivity index (χ3n) is 5.05. The van der Waals surface area contributed by atoms with Crippen LogP contribution in [-0.4, -0.2) is 41.0 Å². The molecule has 1 amide bonds. The summed E-state index contributed by atoms with van der Waals surface area (Å²) in [6, 6.07) is 13.7. The number of rotatable bonds is 5. The van der Waals surface area contributed by atoms with Gasteiger partial charge in [-0.15, -0.1) is 0 Å². The Kier molecular flexibility index (Phi) is 5.37. The highest BCUT2D eigenvalue weighted by Crippen LogP contribution is 2.29. The van der Waals surface area contributed by atoms with Gasteiger partial charge in [-0.05, 0) is 30.5 Å². The summed E-state index contributed by atoms with van der Waals surface area (Å²) in [5.74, 6) is 1.95. The molecular weight excluding hydrogens is 354 g/mol. The molecule has 1 aliphatic heterocycles. The Balaban J connectivity index is 1.46. The summed E-state index contributed by atoms with van der Waals surface area (Å²) in [7, 11) is 1.53. The van der Waals surface area contributed by atoms with E-state index in [4.69, 9.17) is 9.15 Å². The van der Waals surface area contributed by atoms with E-state index in [1.54, 1.807) is 24.5 Å². The number of oxazole rings is 1. The Bertz CT molecular complexity index is 939. The van der Waals surface area contributed by atoms with E-state index < -0.39 is 0 Å². The van der Waals surface area contributed by atoms with E-state index in [0.29, 0.717) is 30.4 Å². The summed E-state index contributed by atoms with van der Waals surface area (Å²) < 4.78 is 11.3. The molecule has 1 saturated heterocycles. The van der Waals surface area contributed by atoms with Gasteiger partial charge in [0.1, 0.15) is 11.3 Å². The number of hydrogen-bond acceptors (Lipinski definition) is 5. The van der Waals surface area contributed by atoms with Crippen LogP contribution in [-0.2, 0) is 6.42 Å². The molecule has 0 N–H and O–H groups in total. The van der Waals surface area contributed by atoms with Crippen molar-refractivity contribution in [3.8, 4) is 5.88 Å². The predicted molar refractivity (Wildman–Crippen MR) is 104 cm³/mol. The molecule has 6 nitrogen and oxygen atoms in total. The fourth-order valence-corrected chi connectivity index (χ4v) is 3.64. The van der Waals surface area contributed by atoms with Crippen LogP contribution < -0.4 is 4.74 Å². The van der Waals surface area contributed by atoms with Crippen LogP contribution in [0.5, 0.6) is 5.88 Å². The molecule has 0 spiro atoms. The normalized spacial score (nSPS) is 16.8. The summed E-state index contributed by atoms with van der Waals surface area (Å²) in [5.41, 5.74) is 1.68. The van der Waals surface area contributed by atoms with Gasteiger partial charge in [-0.1, -0.05) is 30.3 Å². The molecule has 0 saturated carbocycles. The van der Waals surface area contributed by atoms with Gasteiger partial charge in [0, 0.05) is 25.7 Å². The van der Waals surface area contributed by atoms with Gasteiger partial charge in [0.05, 0.1) is 19.2 Å².